The summed E-state index contributed by atoms with van der Waals surface area (Å²) in [4.78, 5) is 11.7. The largest absolute Gasteiger partial charge is 0.368 e. The maximum absolute atomic E-state index is 13.1. The summed E-state index contributed by atoms with van der Waals surface area (Å²) < 4.78 is 19.4. The van der Waals surface area contributed by atoms with Gasteiger partial charge in [0.25, 0.3) is 0 Å². The maximum atomic E-state index is 13.1. The molecule has 1 aliphatic rings. The van der Waals surface area contributed by atoms with Gasteiger partial charge < -0.3 is 15.4 Å². The number of hydrogen-bond donors (Lipinski definition) is 2. The van der Waals surface area contributed by atoms with Crippen LogP contribution >= 0.6 is 15.9 Å². The number of hydrogen-bond acceptors (Lipinski definition) is 3. The summed E-state index contributed by atoms with van der Waals surface area (Å²) in [6, 6.07) is 4.40. The normalized spacial score (nSPS) is 16.1. The minimum Gasteiger partial charge on any atom is -0.368 e. The standard InChI is InChI=1S/C14H18BrFN2O2/c15-13-2-1-11(16)7-10(13)8-18-14(19)9-20-12-3-5-17-6-4-12/h1-2,7,12,17H,3-6,8-9H2,(H,18,19). The fraction of sp³-hybridized carbons (Fsp3) is 0.500. The Morgan fingerprint density at radius 3 is 2.95 bits per heavy atom. The average molecular weight is 345 g/mol. The van der Waals surface area contributed by atoms with E-state index >= 15 is 0 Å². The van der Waals surface area contributed by atoms with E-state index in [1.54, 1.807) is 6.07 Å². The predicted octanol–water partition coefficient (Wildman–Crippen LogP) is 1.97. The van der Waals surface area contributed by atoms with Gasteiger partial charge in [0.1, 0.15) is 12.4 Å². The zero-order chi connectivity index (χ0) is 14.4. The summed E-state index contributed by atoms with van der Waals surface area (Å²) in [5.74, 6) is -0.497. The van der Waals surface area contributed by atoms with Crippen LogP contribution in [0.2, 0.25) is 0 Å². The lowest BCUT2D eigenvalue weighted by atomic mass is 10.1. The van der Waals surface area contributed by atoms with Crippen LogP contribution < -0.4 is 10.6 Å². The molecule has 1 aromatic rings. The summed E-state index contributed by atoms with van der Waals surface area (Å²) in [7, 11) is 0. The molecule has 1 amide bonds. The molecule has 20 heavy (non-hydrogen) atoms. The third-order valence-corrected chi connectivity index (χ3v) is 3.99. The Bertz CT molecular complexity index is 464. The molecule has 1 fully saturated rings. The van der Waals surface area contributed by atoms with Gasteiger partial charge in [-0.3, -0.25) is 4.79 Å². The van der Waals surface area contributed by atoms with Crippen LogP contribution in [0.1, 0.15) is 18.4 Å². The second kappa shape index (κ2) is 7.71. The van der Waals surface area contributed by atoms with Gasteiger partial charge >= 0.3 is 0 Å². The van der Waals surface area contributed by atoms with E-state index in [0.29, 0.717) is 5.56 Å². The number of halogens is 2. The minimum atomic E-state index is -0.316. The highest BCUT2D eigenvalue weighted by molar-refractivity contribution is 9.10. The highest BCUT2D eigenvalue weighted by Crippen LogP contribution is 2.17. The van der Waals surface area contributed by atoms with Gasteiger partial charge in [-0.05, 0) is 49.7 Å². The van der Waals surface area contributed by atoms with Crippen molar-refractivity contribution in [1.82, 2.24) is 10.6 Å². The average Bonchev–Trinajstić information content (AvgIpc) is 2.47. The SMILES string of the molecule is O=C(COC1CCNCC1)NCc1cc(F)ccc1Br. The summed E-state index contributed by atoms with van der Waals surface area (Å²) >= 11 is 3.33. The van der Waals surface area contributed by atoms with Crippen LogP contribution in [0.3, 0.4) is 0 Å². The van der Waals surface area contributed by atoms with E-state index in [1.165, 1.54) is 12.1 Å². The molecule has 2 rings (SSSR count). The first-order valence-corrected chi connectivity index (χ1v) is 7.47. The number of nitrogens with one attached hydrogen (secondary N) is 2. The minimum absolute atomic E-state index is 0.0532. The van der Waals surface area contributed by atoms with Gasteiger partial charge in [0.15, 0.2) is 0 Å². The summed E-state index contributed by atoms with van der Waals surface area (Å²) in [5.41, 5.74) is 0.709. The zero-order valence-electron chi connectivity index (χ0n) is 11.1. The Balaban J connectivity index is 1.73. The van der Waals surface area contributed by atoms with Crippen molar-refractivity contribution in [3.8, 4) is 0 Å². The monoisotopic (exact) mass is 344 g/mol. The van der Waals surface area contributed by atoms with Crippen molar-refractivity contribution < 1.29 is 13.9 Å². The van der Waals surface area contributed by atoms with Crippen molar-refractivity contribution in [3.63, 3.8) is 0 Å². The summed E-state index contributed by atoms with van der Waals surface area (Å²) in [6.07, 6.45) is 2.02. The van der Waals surface area contributed by atoms with Crippen LogP contribution in [0.4, 0.5) is 4.39 Å². The molecule has 2 N–H and O–H groups in total. The van der Waals surface area contributed by atoms with Crippen molar-refractivity contribution in [3.05, 3.63) is 34.1 Å². The second-order valence-electron chi connectivity index (χ2n) is 4.77. The Labute approximate surface area is 126 Å². The first kappa shape index (κ1) is 15.4. The van der Waals surface area contributed by atoms with E-state index in [9.17, 15) is 9.18 Å². The zero-order valence-corrected chi connectivity index (χ0v) is 12.7. The van der Waals surface area contributed by atoms with Crippen LogP contribution in [0.15, 0.2) is 22.7 Å². The van der Waals surface area contributed by atoms with E-state index in [4.69, 9.17) is 4.74 Å². The van der Waals surface area contributed by atoms with E-state index in [0.717, 1.165) is 30.4 Å². The lowest BCUT2D eigenvalue weighted by molar-refractivity contribution is -0.128. The smallest absolute Gasteiger partial charge is 0.246 e. The van der Waals surface area contributed by atoms with Crippen LogP contribution in [-0.4, -0.2) is 31.7 Å². The molecule has 0 radical (unpaired) electrons. The number of amides is 1. The Hall–Kier alpha value is -0.980. The van der Waals surface area contributed by atoms with Crippen molar-refractivity contribution in [2.45, 2.75) is 25.5 Å². The molecule has 0 unspecified atom stereocenters. The number of ether oxygens (including phenoxy) is 1. The van der Waals surface area contributed by atoms with Gasteiger partial charge in [-0.2, -0.15) is 0 Å². The highest BCUT2D eigenvalue weighted by Gasteiger charge is 2.14. The molecule has 0 aromatic heterocycles. The van der Waals surface area contributed by atoms with Gasteiger partial charge in [-0.15, -0.1) is 0 Å². The highest BCUT2D eigenvalue weighted by atomic mass is 79.9. The van der Waals surface area contributed by atoms with Gasteiger partial charge in [0.05, 0.1) is 6.10 Å². The fourth-order valence-electron chi connectivity index (χ4n) is 2.08. The first-order valence-electron chi connectivity index (χ1n) is 6.68. The molecule has 0 aliphatic carbocycles. The topological polar surface area (TPSA) is 50.4 Å². The third kappa shape index (κ3) is 4.85. The van der Waals surface area contributed by atoms with E-state index in [1.807, 2.05) is 0 Å². The van der Waals surface area contributed by atoms with E-state index in [2.05, 4.69) is 26.6 Å². The molecule has 0 saturated carbocycles. The second-order valence-corrected chi connectivity index (χ2v) is 5.63. The predicted molar refractivity (Wildman–Crippen MR) is 77.8 cm³/mol. The molecule has 4 nitrogen and oxygen atoms in total. The summed E-state index contributed by atoms with van der Waals surface area (Å²) in [6.45, 7) is 2.20. The Kier molecular flexibility index (Phi) is 5.94. The Morgan fingerprint density at radius 2 is 2.20 bits per heavy atom. The van der Waals surface area contributed by atoms with Crippen LogP contribution in [0, 0.1) is 5.82 Å². The van der Waals surface area contributed by atoms with Crippen molar-refractivity contribution in [2.24, 2.45) is 0 Å². The molecule has 1 aromatic carbocycles. The molecule has 0 atom stereocenters. The van der Waals surface area contributed by atoms with Crippen molar-refractivity contribution in [2.75, 3.05) is 19.7 Å². The lowest BCUT2D eigenvalue weighted by Crippen LogP contribution is -2.35. The molecule has 110 valence electrons. The third-order valence-electron chi connectivity index (χ3n) is 3.22. The van der Waals surface area contributed by atoms with Gasteiger partial charge in [0.2, 0.25) is 5.91 Å². The lowest BCUT2D eigenvalue weighted by Gasteiger charge is -2.22. The van der Waals surface area contributed by atoms with Gasteiger partial charge in [-0.25, -0.2) is 4.39 Å². The van der Waals surface area contributed by atoms with Crippen molar-refractivity contribution in [1.29, 1.82) is 0 Å². The van der Waals surface area contributed by atoms with Gasteiger partial charge in [0, 0.05) is 11.0 Å². The molecular weight excluding hydrogens is 327 g/mol. The molecule has 1 heterocycles. The number of rotatable bonds is 5. The molecule has 0 bridgehead atoms. The summed E-state index contributed by atoms with van der Waals surface area (Å²) in [5, 5.41) is 5.97. The fourth-order valence-corrected chi connectivity index (χ4v) is 2.47. The van der Waals surface area contributed by atoms with Crippen molar-refractivity contribution >= 4 is 21.8 Å². The van der Waals surface area contributed by atoms with E-state index < -0.39 is 0 Å². The molecule has 6 heteroatoms. The number of piperidine rings is 1. The van der Waals surface area contributed by atoms with Gasteiger partial charge in [-0.1, -0.05) is 15.9 Å². The van der Waals surface area contributed by atoms with E-state index in [-0.39, 0.29) is 31.0 Å². The van der Waals surface area contributed by atoms with Crippen LogP contribution in [0.25, 0.3) is 0 Å². The molecule has 1 saturated heterocycles. The maximum Gasteiger partial charge on any atom is 0.246 e. The van der Waals surface area contributed by atoms with Crippen LogP contribution in [0.5, 0.6) is 0 Å². The number of benzene rings is 1. The van der Waals surface area contributed by atoms with Crippen LogP contribution in [-0.2, 0) is 16.1 Å². The first-order chi connectivity index (χ1) is 9.65. The number of carbonyl (C=O) groups is 1. The molecule has 1 aliphatic heterocycles. The Morgan fingerprint density at radius 1 is 1.45 bits per heavy atom. The number of carbonyl (C=O) groups excluding carboxylic acids is 1. The quantitative estimate of drug-likeness (QED) is 0.858. The molecular formula is C14H18BrFN2O2. The molecule has 0 spiro atoms.